The van der Waals surface area contributed by atoms with Gasteiger partial charge in [-0.2, -0.15) is 0 Å². The van der Waals surface area contributed by atoms with E-state index in [0.29, 0.717) is 5.92 Å². The van der Waals surface area contributed by atoms with Crippen LogP contribution >= 0.6 is 0 Å². The fourth-order valence-electron chi connectivity index (χ4n) is 7.73. The highest BCUT2D eigenvalue weighted by molar-refractivity contribution is 5.74. The van der Waals surface area contributed by atoms with E-state index in [1.54, 1.807) is 0 Å². The third-order valence-corrected chi connectivity index (χ3v) is 7.97. The van der Waals surface area contributed by atoms with Crippen molar-refractivity contribution in [2.45, 2.75) is 72.3 Å². The normalized spacial score (nSPS) is 50.4. The molecule has 0 spiro atoms. The first kappa shape index (κ1) is 16.0. The van der Waals surface area contributed by atoms with E-state index in [2.05, 4.69) is 13.8 Å². The SMILES string of the molecule is CCC1C(CC)C2CC1C1C3CC(C(=O)OC(C)(C)C)C(C3)C21. The second-order valence-corrected chi connectivity index (χ2v) is 9.90. The van der Waals surface area contributed by atoms with E-state index in [-0.39, 0.29) is 17.5 Å². The zero-order valence-electron chi connectivity index (χ0n) is 15.5. The molecule has 0 radical (unpaired) electrons. The van der Waals surface area contributed by atoms with Gasteiger partial charge in [0.2, 0.25) is 0 Å². The largest absolute Gasteiger partial charge is 0.460 e. The molecule has 4 rings (SSSR count). The predicted octanol–water partition coefficient (Wildman–Crippen LogP) is 4.92. The minimum absolute atomic E-state index is 0.103. The summed E-state index contributed by atoms with van der Waals surface area (Å²) >= 11 is 0. The maximum absolute atomic E-state index is 12.7. The number of carbonyl (C=O) groups excluding carboxylic acids is 1. The number of carbonyl (C=O) groups is 1. The van der Waals surface area contributed by atoms with E-state index in [9.17, 15) is 4.79 Å². The summed E-state index contributed by atoms with van der Waals surface area (Å²) in [5.74, 6) is 7.39. The van der Waals surface area contributed by atoms with E-state index in [0.717, 1.165) is 47.8 Å². The lowest BCUT2D eigenvalue weighted by molar-refractivity contribution is -0.164. The Labute approximate surface area is 141 Å². The molecule has 0 aromatic carbocycles. The fraction of sp³-hybridized carbons (Fsp3) is 0.952. The van der Waals surface area contributed by atoms with E-state index >= 15 is 0 Å². The summed E-state index contributed by atoms with van der Waals surface area (Å²) in [4.78, 5) is 12.7. The van der Waals surface area contributed by atoms with Crippen LogP contribution in [0.5, 0.6) is 0 Å². The van der Waals surface area contributed by atoms with E-state index in [1.807, 2.05) is 20.8 Å². The molecule has 130 valence electrons. The molecule has 4 aliphatic carbocycles. The van der Waals surface area contributed by atoms with Gasteiger partial charge in [-0.05, 0) is 87.4 Å². The molecule has 0 aliphatic heterocycles. The summed E-state index contributed by atoms with van der Waals surface area (Å²) in [5, 5.41) is 0. The third-order valence-electron chi connectivity index (χ3n) is 7.97. The van der Waals surface area contributed by atoms with Gasteiger partial charge in [0.1, 0.15) is 5.60 Å². The van der Waals surface area contributed by atoms with Crippen molar-refractivity contribution in [3.8, 4) is 0 Å². The van der Waals surface area contributed by atoms with Crippen molar-refractivity contribution >= 4 is 5.97 Å². The molecule has 4 saturated carbocycles. The van der Waals surface area contributed by atoms with Gasteiger partial charge in [0.05, 0.1) is 5.92 Å². The van der Waals surface area contributed by atoms with Gasteiger partial charge in [-0.1, -0.05) is 26.7 Å². The van der Waals surface area contributed by atoms with Gasteiger partial charge in [0.15, 0.2) is 0 Å². The molecule has 9 atom stereocenters. The topological polar surface area (TPSA) is 26.3 Å². The molecule has 23 heavy (non-hydrogen) atoms. The average Bonchev–Trinajstić information content (AvgIpc) is 3.19. The lowest BCUT2D eigenvalue weighted by Crippen LogP contribution is -2.42. The molecular formula is C21H34O2. The molecule has 4 fully saturated rings. The highest BCUT2D eigenvalue weighted by Crippen LogP contribution is 2.72. The van der Waals surface area contributed by atoms with Crippen LogP contribution in [0.15, 0.2) is 0 Å². The zero-order chi connectivity index (χ0) is 16.5. The summed E-state index contributed by atoms with van der Waals surface area (Å²) in [6.45, 7) is 10.8. The number of rotatable bonds is 3. The van der Waals surface area contributed by atoms with Crippen molar-refractivity contribution in [2.24, 2.45) is 53.3 Å². The van der Waals surface area contributed by atoms with Crippen molar-refractivity contribution in [2.75, 3.05) is 0 Å². The van der Waals surface area contributed by atoms with Crippen LogP contribution in [-0.2, 0) is 9.53 Å². The Hall–Kier alpha value is -0.530. The molecule has 9 unspecified atom stereocenters. The Morgan fingerprint density at radius 3 is 2.09 bits per heavy atom. The van der Waals surface area contributed by atoms with Crippen LogP contribution in [-0.4, -0.2) is 11.6 Å². The first-order valence-electron chi connectivity index (χ1n) is 10.1. The molecule has 0 saturated heterocycles. The third kappa shape index (κ3) is 2.23. The van der Waals surface area contributed by atoms with Gasteiger partial charge in [-0.15, -0.1) is 0 Å². The smallest absolute Gasteiger partial charge is 0.309 e. The minimum Gasteiger partial charge on any atom is -0.460 e. The van der Waals surface area contributed by atoms with Crippen molar-refractivity contribution < 1.29 is 9.53 Å². The summed E-state index contributed by atoms with van der Waals surface area (Å²) in [6, 6.07) is 0. The molecule has 4 aliphatic rings. The molecule has 2 nitrogen and oxygen atoms in total. The second kappa shape index (κ2) is 5.23. The van der Waals surface area contributed by atoms with Crippen LogP contribution in [0.25, 0.3) is 0 Å². The van der Waals surface area contributed by atoms with Crippen LogP contribution in [0.1, 0.15) is 66.7 Å². The zero-order valence-corrected chi connectivity index (χ0v) is 15.5. The Bertz CT molecular complexity index is 491. The van der Waals surface area contributed by atoms with Crippen molar-refractivity contribution in [3.05, 3.63) is 0 Å². The molecule has 0 amide bonds. The van der Waals surface area contributed by atoms with E-state index in [1.165, 1.54) is 25.7 Å². The summed E-state index contributed by atoms with van der Waals surface area (Å²) in [6.07, 6.45) is 6.63. The highest BCUT2D eigenvalue weighted by atomic mass is 16.6. The lowest BCUT2D eigenvalue weighted by atomic mass is 9.60. The molecule has 0 aromatic rings. The van der Waals surface area contributed by atoms with Crippen molar-refractivity contribution in [1.82, 2.24) is 0 Å². The van der Waals surface area contributed by atoms with Gasteiger partial charge in [0.25, 0.3) is 0 Å². The first-order chi connectivity index (χ1) is 10.9. The summed E-state index contributed by atoms with van der Waals surface area (Å²) < 4.78 is 5.76. The van der Waals surface area contributed by atoms with Gasteiger partial charge in [0, 0.05) is 0 Å². The quantitative estimate of drug-likeness (QED) is 0.545. The maximum atomic E-state index is 12.7. The Morgan fingerprint density at radius 1 is 0.913 bits per heavy atom. The first-order valence-corrected chi connectivity index (χ1v) is 10.1. The average molecular weight is 319 g/mol. The molecular weight excluding hydrogens is 284 g/mol. The number of hydrogen-bond donors (Lipinski definition) is 0. The highest BCUT2D eigenvalue weighted by Gasteiger charge is 2.67. The van der Waals surface area contributed by atoms with E-state index in [4.69, 9.17) is 4.74 Å². The summed E-state index contributed by atoms with van der Waals surface area (Å²) in [5.41, 5.74) is -0.341. The number of ether oxygens (including phenoxy) is 1. The van der Waals surface area contributed by atoms with Crippen LogP contribution in [0.3, 0.4) is 0 Å². The van der Waals surface area contributed by atoms with Crippen molar-refractivity contribution in [1.29, 1.82) is 0 Å². The summed E-state index contributed by atoms with van der Waals surface area (Å²) in [7, 11) is 0. The van der Waals surface area contributed by atoms with Gasteiger partial charge in [-0.3, -0.25) is 4.79 Å². The predicted molar refractivity (Wildman–Crippen MR) is 91.7 cm³/mol. The Balaban J connectivity index is 1.54. The maximum Gasteiger partial charge on any atom is 0.309 e. The second-order valence-electron chi connectivity index (χ2n) is 9.90. The van der Waals surface area contributed by atoms with Crippen LogP contribution in [0.2, 0.25) is 0 Å². The van der Waals surface area contributed by atoms with Crippen LogP contribution in [0.4, 0.5) is 0 Å². The molecule has 0 aromatic heterocycles. The number of esters is 1. The van der Waals surface area contributed by atoms with Crippen LogP contribution < -0.4 is 0 Å². The monoisotopic (exact) mass is 318 g/mol. The minimum atomic E-state index is -0.341. The van der Waals surface area contributed by atoms with Gasteiger partial charge < -0.3 is 4.74 Å². The number of fused-ring (bicyclic) bond motifs is 9. The molecule has 4 bridgehead atoms. The van der Waals surface area contributed by atoms with E-state index < -0.39 is 0 Å². The molecule has 0 heterocycles. The Morgan fingerprint density at radius 2 is 1.52 bits per heavy atom. The Kier molecular flexibility index (Phi) is 3.63. The standard InChI is InChI=1S/C21H34O2/c1-6-12-13(7-2)16-10-15(12)18-11-8-14(19(16)18)17(9-11)20(22)23-21(3,4)5/h11-19H,6-10H2,1-5H3. The molecule has 0 N–H and O–H groups in total. The lowest BCUT2D eigenvalue weighted by Gasteiger charge is -2.45. The number of hydrogen-bond acceptors (Lipinski definition) is 2. The van der Waals surface area contributed by atoms with Gasteiger partial charge in [-0.25, -0.2) is 0 Å². The van der Waals surface area contributed by atoms with Crippen LogP contribution in [0, 0.1) is 53.3 Å². The van der Waals surface area contributed by atoms with Crippen molar-refractivity contribution in [3.63, 3.8) is 0 Å². The molecule has 2 heteroatoms. The fourth-order valence-corrected chi connectivity index (χ4v) is 7.73. The van der Waals surface area contributed by atoms with Gasteiger partial charge >= 0.3 is 5.97 Å².